The van der Waals surface area contributed by atoms with Crippen molar-refractivity contribution in [2.45, 2.75) is 84.0 Å². The summed E-state index contributed by atoms with van der Waals surface area (Å²) >= 11 is 0. The molecule has 1 fully saturated rings. The summed E-state index contributed by atoms with van der Waals surface area (Å²) in [5.74, 6) is -0.285. The molecule has 1 aliphatic rings. The summed E-state index contributed by atoms with van der Waals surface area (Å²) in [5.41, 5.74) is 1.41. The first-order chi connectivity index (χ1) is 14.7. The van der Waals surface area contributed by atoms with Crippen LogP contribution in [0.5, 0.6) is 0 Å². The van der Waals surface area contributed by atoms with Gasteiger partial charge in [0, 0.05) is 12.6 Å². The number of benzene rings is 2. The summed E-state index contributed by atoms with van der Waals surface area (Å²) in [6, 6.07) is 20.4. The molecular weight excluding hydrogens is 384 g/mol. The first-order valence-electron chi connectivity index (χ1n) is 11.6. The van der Waals surface area contributed by atoms with Crippen LogP contribution in [-0.4, -0.2) is 39.6 Å². The minimum Gasteiger partial charge on any atom is -0.363 e. The highest BCUT2D eigenvalue weighted by atomic mass is 16.7. The van der Waals surface area contributed by atoms with Crippen molar-refractivity contribution in [3.8, 4) is 0 Å². The fourth-order valence-electron chi connectivity index (χ4n) is 5.00. The summed E-state index contributed by atoms with van der Waals surface area (Å²) in [6.07, 6.45) is 4.28. The Kier molecular flexibility index (Phi) is 7.55. The molecule has 4 heteroatoms. The molecule has 0 aromatic heterocycles. The van der Waals surface area contributed by atoms with Crippen LogP contribution in [0.1, 0.15) is 76.2 Å². The Labute approximate surface area is 188 Å². The fourth-order valence-corrected chi connectivity index (χ4v) is 5.00. The van der Waals surface area contributed by atoms with Gasteiger partial charge in [-0.05, 0) is 71.2 Å². The predicted molar refractivity (Wildman–Crippen MR) is 127 cm³/mol. The van der Waals surface area contributed by atoms with E-state index >= 15 is 0 Å². The number of piperidine rings is 1. The maximum absolute atomic E-state index is 12.8. The Morgan fingerprint density at radius 2 is 1.52 bits per heavy atom. The molecule has 3 rings (SSSR count). The summed E-state index contributed by atoms with van der Waals surface area (Å²) < 4.78 is 0. The molecule has 0 amide bonds. The van der Waals surface area contributed by atoms with Gasteiger partial charge < -0.3 is 4.84 Å². The third kappa shape index (κ3) is 5.96. The van der Waals surface area contributed by atoms with E-state index in [9.17, 15) is 4.79 Å². The third-order valence-electron chi connectivity index (χ3n) is 6.30. The minimum absolute atomic E-state index is 0.266. The summed E-state index contributed by atoms with van der Waals surface area (Å²) in [7, 11) is 0. The molecule has 0 saturated carbocycles. The zero-order valence-electron chi connectivity index (χ0n) is 19.8. The highest BCUT2D eigenvalue weighted by Gasteiger charge is 2.49. The number of unbranched alkanes of at least 4 members (excludes halogenated alkanes) is 1. The number of nitrogens with zero attached hydrogens (tertiary/aromatic N) is 2. The number of hydrogen-bond acceptors (Lipinski definition) is 4. The number of carbonyl (C=O) groups is 1. The lowest BCUT2D eigenvalue weighted by molar-refractivity contribution is -0.251. The van der Waals surface area contributed by atoms with Gasteiger partial charge >= 0.3 is 5.97 Å². The average Bonchev–Trinajstić information content (AvgIpc) is 2.74. The quantitative estimate of drug-likeness (QED) is 0.516. The van der Waals surface area contributed by atoms with Gasteiger partial charge in [0.15, 0.2) is 0 Å². The maximum Gasteiger partial charge on any atom is 0.357 e. The van der Waals surface area contributed by atoms with E-state index in [2.05, 4.69) is 69.9 Å². The van der Waals surface area contributed by atoms with E-state index < -0.39 is 0 Å². The molecule has 4 nitrogen and oxygen atoms in total. The first kappa shape index (κ1) is 23.5. The second-order valence-corrected chi connectivity index (χ2v) is 10.0. The van der Waals surface area contributed by atoms with Crippen LogP contribution >= 0.6 is 0 Å². The molecule has 31 heavy (non-hydrogen) atoms. The van der Waals surface area contributed by atoms with E-state index in [1.165, 1.54) is 18.4 Å². The van der Waals surface area contributed by atoms with Gasteiger partial charge in [-0.3, -0.25) is 4.90 Å². The van der Waals surface area contributed by atoms with Crippen molar-refractivity contribution in [1.29, 1.82) is 0 Å². The minimum atomic E-state index is -0.285. The van der Waals surface area contributed by atoms with E-state index in [4.69, 9.17) is 4.84 Å². The standard InChI is InChI=1S/C27H38N2O2/c1-6-7-18-28(21-22-14-10-8-11-15-22)24-19-26(2,3)29(27(4,5)20-24)31-25(30)23-16-12-9-13-17-23/h8-17,24H,6-7,18-21H2,1-5H3. The molecule has 0 N–H and O–H groups in total. The maximum atomic E-state index is 12.8. The van der Waals surface area contributed by atoms with E-state index in [0.29, 0.717) is 11.6 Å². The molecule has 168 valence electrons. The Bertz CT molecular complexity index is 815. The Hall–Kier alpha value is -2.17. The van der Waals surface area contributed by atoms with Gasteiger partial charge in [-0.15, -0.1) is 5.06 Å². The fraction of sp³-hybridized carbons (Fsp3) is 0.519. The van der Waals surface area contributed by atoms with Crippen molar-refractivity contribution in [2.75, 3.05) is 6.54 Å². The molecule has 2 aromatic rings. The Morgan fingerprint density at radius 1 is 0.968 bits per heavy atom. The SMILES string of the molecule is CCCCN(Cc1ccccc1)C1CC(C)(C)N(OC(=O)c2ccccc2)C(C)(C)C1. The highest BCUT2D eigenvalue weighted by molar-refractivity contribution is 5.89. The Morgan fingerprint density at radius 3 is 2.06 bits per heavy atom. The van der Waals surface area contributed by atoms with Crippen LogP contribution in [0.25, 0.3) is 0 Å². The van der Waals surface area contributed by atoms with Crippen LogP contribution in [0, 0.1) is 0 Å². The van der Waals surface area contributed by atoms with Crippen molar-refractivity contribution >= 4 is 5.97 Å². The van der Waals surface area contributed by atoms with Gasteiger partial charge in [0.2, 0.25) is 0 Å². The van der Waals surface area contributed by atoms with Gasteiger partial charge in [0.1, 0.15) is 0 Å². The van der Waals surface area contributed by atoms with Crippen LogP contribution in [0.15, 0.2) is 60.7 Å². The molecular formula is C27H38N2O2. The van der Waals surface area contributed by atoms with Gasteiger partial charge in [-0.1, -0.05) is 61.9 Å². The van der Waals surface area contributed by atoms with Crippen molar-refractivity contribution in [3.63, 3.8) is 0 Å². The van der Waals surface area contributed by atoms with E-state index in [1.807, 2.05) is 23.3 Å². The molecule has 1 aliphatic heterocycles. The zero-order chi connectivity index (χ0) is 22.5. The molecule has 0 radical (unpaired) electrons. The molecule has 0 atom stereocenters. The van der Waals surface area contributed by atoms with E-state index in [0.717, 1.165) is 25.9 Å². The van der Waals surface area contributed by atoms with Gasteiger partial charge in [0.25, 0.3) is 0 Å². The lowest BCUT2D eigenvalue weighted by atomic mass is 9.78. The predicted octanol–water partition coefficient (Wildman–Crippen LogP) is 6.08. The third-order valence-corrected chi connectivity index (χ3v) is 6.30. The average molecular weight is 423 g/mol. The largest absolute Gasteiger partial charge is 0.363 e. The summed E-state index contributed by atoms with van der Waals surface area (Å²) in [4.78, 5) is 21.5. The Balaban J connectivity index is 1.78. The van der Waals surface area contributed by atoms with Gasteiger partial charge in [-0.2, -0.15) is 0 Å². The second kappa shape index (κ2) is 9.97. The van der Waals surface area contributed by atoms with Crippen molar-refractivity contribution < 1.29 is 9.63 Å². The lowest BCUT2D eigenvalue weighted by Gasteiger charge is -2.54. The number of hydroxylamine groups is 2. The molecule has 0 unspecified atom stereocenters. The lowest BCUT2D eigenvalue weighted by Crippen LogP contribution is -2.64. The van der Waals surface area contributed by atoms with Crippen LogP contribution in [0.2, 0.25) is 0 Å². The zero-order valence-corrected chi connectivity index (χ0v) is 19.8. The molecule has 2 aromatic carbocycles. The topological polar surface area (TPSA) is 32.8 Å². The second-order valence-electron chi connectivity index (χ2n) is 10.0. The smallest absolute Gasteiger partial charge is 0.357 e. The molecule has 0 spiro atoms. The molecule has 0 bridgehead atoms. The van der Waals surface area contributed by atoms with Crippen molar-refractivity contribution in [2.24, 2.45) is 0 Å². The first-order valence-corrected chi connectivity index (χ1v) is 11.6. The van der Waals surface area contributed by atoms with Crippen LogP contribution in [0.3, 0.4) is 0 Å². The molecule has 1 heterocycles. The summed E-state index contributed by atoms with van der Waals surface area (Å²) in [6.45, 7) is 13.1. The van der Waals surface area contributed by atoms with Gasteiger partial charge in [-0.25, -0.2) is 4.79 Å². The van der Waals surface area contributed by atoms with Crippen LogP contribution in [0.4, 0.5) is 0 Å². The molecule has 1 saturated heterocycles. The van der Waals surface area contributed by atoms with Crippen molar-refractivity contribution in [3.05, 3.63) is 71.8 Å². The highest BCUT2D eigenvalue weighted by Crippen LogP contribution is 2.41. The number of carbonyl (C=O) groups excluding carboxylic acids is 1. The normalized spacial score (nSPS) is 18.8. The number of hydrogen-bond donors (Lipinski definition) is 0. The molecule has 0 aliphatic carbocycles. The summed E-state index contributed by atoms with van der Waals surface area (Å²) in [5, 5.41) is 1.95. The van der Waals surface area contributed by atoms with Crippen LogP contribution in [-0.2, 0) is 11.4 Å². The monoisotopic (exact) mass is 422 g/mol. The number of rotatable bonds is 8. The van der Waals surface area contributed by atoms with Crippen molar-refractivity contribution in [1.82, 2.24) is 9.96 Å². The van der Waals surface area contributed by atoms with Crippen LogP contribution < -0.4 is 0 Å². The van der Waals surface area contributed by atoms with E-state index in [1.54, 1.807) is 12.1 Å². The van der Waals surface area contributed by atoms with E-state index in [-0.39, 0.29) is 17.0 Å². The van der Waals surface area contributed by atoms with Gasteiger partial charge in [0.05, 0.1) is 16.6 Å².